The molecule has 0 saturated heterocycles. The van der Waals surface area contributed by atoms with Gasteiger partial charge in [0.2, 0.25) is 0 Å². The van der Waals surface area contributed by atoms with E-state index in [2.05, 4.69) is 59.5 Å². The first-order valence-electron chi connectivity index (χ1n) is 6.80. The topological polar surface area (TPSA) is 17.0 Å². The largest absolute Gasteiger partial charge is 0.354 e. The van der Waals surface area contributed by atoms with E-state index in [1.54, 1.807) is 0 Å². The van der Waals surface area contributed by atoms with Crippen molar-refractivity contribution < 1.29 is 0 Å². The lowest BCUT2D eigenvalue weighted by atomic mass is 10.1. The zero-order chi connectivity index (χ0) is 12.4. The number of rotatable bonds is 4. The van der Waals surface area contributed by atoms with Crippen LogP contribution in [-0.4, -0.2) is 10.6 Å². The Kier molecular flexibility index (Phi) is 3.20. The van der Waals surface area contributed by atoms with E-state index < -0.39 is 0 Å². The van der Waals surface area contributed by atoms with Crippen LogP contribution in [0.4, 0.5) is 0 Å². The Morgan fingerprint density at radius 2 is 1.89 bits per heavy atom. The van der Waals surface area contributed by atoms with Crippen molar-refractivity contribution in [3.63, 3.8) is 0 Å². The van der Waals surface area contributed by atoms with E-state index in [0.29, 0.717) is 6.04 Å². The van der Waals surface area contributed by atoms with E-state index in [-0.39, 0.29) is 0 Å². The van der Waals surface area contributed by atoms with Crippen LogP contribution in [0.1, 0.15) is 23.6 Å². The average Bonchev–Trinajstić information content (AvgIpc) is 3.02. The van der Waals surface area contributed by atoms with Crippen LogP contribution in [0.2, 0.25) is 0 Å². The van der Waals surface area contributed by atoms with Crippen molar-refractivity contribution in [2.75, 3.05) is 0 Å². The summed E-state index contributed by atoms with van der Waals surface area (Å²) in [6.07, 6.45) is 6.73. The maximum Gasteiger partial charge on any atom is 0.0223 e. The molecule has 0 aliphatic heterocycles. The number of hydrogen-bond donors (Lipinski definition) is 1. The minimum atomic E-state index is 0.604. The van der Waals surface area contributed by atoms with Gasteiger partial charge >= 0.3 is 0 Å². The van der Waals surface area contributed by atoms with Gasteiger partial charge in [-0.15, -0.1) is 0 Å². The van der Waals surface area contributed by atoms with Gasteiger partial charge in [-0.3, -0.25) is 0 Å². The highest BCUT2D eigenvalue weighted by molar-refractivity contribution is 5.33. The van der Waals surface area contributed by atoms with Crippen molar-refractivity contribution in [1.82, 2.24) is 9.88 Å². The third-order valence-corrected chi connectivity index (χ3v) is 3.82. The molecule has 2 aromatic rings. The number of nitrogens with one attached hydrogen (secondary N) is 1. The summed E-state index contributed by atoms with van der Waals surface area (Å²) in [5, 5.41) is 3.67. The van der Waals surface area contributed by atoms with Crippen molar-refractivity contribution in [2.24, 2.45) is 0 Å². The van der Waals surface area contributed by atoms with Gasteiger partial charge in [-0.05, 0) is 42.5 Å². The molecular formula is C16H20N2. The lowest BCUT2D eigenvalue weighted by Crippen LogP contribution is -2.28. The Labute approximate surface area is 109 Å². The van der Waals surface area contributed by atoms with E-state index in [1.807, 2.05) is 0 Å². The summed E-state index contributed by atoms with van der Waals surface area (Å²) in [6.45, 7) is 4.20. The molecule has 0 unspecified atom stereocenters. The molecule has 1 aliphatic carbocycles. The molecule has 0 fully saturated rings. The van der Waals surface area contributed by atoms with E-state index in [4.69, 9.17) is 0 Å². The Morgan fingerprint density at radius 1 is 1.17 bits per heavy atom. The van der Waals surface area contributed by atoms with Gasteiger partial charge in [-0.2, -0.15) is 0 Å². The van der Waals surface area contributed by atoms with Crippen molar-refractivity contribution >= 4 is 0 Å². The zero-order valence-corrected chi connectivity index (χ0v) is 10.9. The number of aromatic nitrogens is 1. The first-order valence-corrected chi connectivity index (χ1v) is 6.80. The lowest BCUT2D eigenvalue weighted by molar-refractivity contribution is 0.532. The number of benzene rings is 1. The molecule has 1 aromatic carbocycles. The van der Waals surface area contributed by atoms with Gasteiger partial charge in [0.15, 0.2) is 0 Å². The second-order valence-corrected chi connectivity index (χ2v) is 5.10. The third kappa shape index (κ3) is 2.34. The molecule has 1 aromatic heterocycles. The van der Waals surface area contributed by atoms with Gasteiger partial charge in [-0.1, -0.05) is 24.3 Å². The molecule has 2 heteroatoms. The molecule has 1 N–H and O–H groups in total. The highest BCUT2D eigenvalue weighted by Gasteiger charge is 2.19. The molecule has 0 saturated carbocycles. The number of fused-ring (bicyclic) bond motifs is 1. The molecule has 1 aliphatic rings. The number of hydrogen-bond acceptors (Lipinski definition) is 1. The first-order chi connectivity index (χ1) is 8.85. The number of aryl methyl sites for hydroxylation is 1. The fraction of sp³-hybridized carbons (Fsp3) is 0.375. The van der Waals surface area contributed by atoms with Gasteiger partial charge in [0.05, 0.1) is 0 Å². The normalized spacial score (nSPS) is 14.9. The molecule has 18 heavy (non-hydrogen) atoms. The Bertz CT molecular complexity index is 502. The van der Waals surface area contributed by atoms with Gasteiger partial charge < -0.3 is 9.88 Å². The second kappa shape index (κ2) is 4.99. The fourth-order valence-electron chi connectivity index (χ4n) is 2.76. The summed E-state index contributed by atoms with van der Waals surface area (Å²) in [6, 6.07) is 11.6. The second-order valence-electron chi connectivity index (χ2n) is 5.10. The van der Waals surface area contributed by atoms with Crippen LogP contribution in [0.25, 0.3) is 0 Å². The molecule has 0 bridgehead atoms. The van der Waals surface area contributed by atoms with Crippen LogP contribution in [0.3, 0.4) is 0 Å². The van der Waals surface area contributed by atoms with Gasteiger partial charge in [0.25, 0.3) is 0 Å². The summed E-state index contributed by atoms with van der Waals surface area (Å²) in [7, 11) is 0. The van der Waals surface area contributed by atoms with E-state index in [9.17, 15) is 0 Å². The minimum Gasteiger partial charge on any atom is -0.354 e. The lowest BCUT2D eigenvalue weighted by Gasteiger charge is -2.10. The number of nitrogens with zero attached hydrogens (tertiary/aromatic N) is 1. The van der Waals surface area contributed by atoms with E-state index in [0.717, 1.165) is 13.1 Å². The quantitative estimate of drug-likeness (QED) is 0.869. The molecule has 0 atom stereocenters. The van der Waals surface area contributed by atoms with Gasteiger partial charge in [0, 0.05) is 31.5 Å². The maximum atomic E-state index is 3.67. The Hall–Kier alpha value is -1.54. The van der Waals surface area contributed by atoms with E-state index in [1.165, 1.54) is 29.5 Å². The summed E-state index contributed by atoms with van der Waals surface area (Å²) in [5.74, 6) is 0. The van der Waals surface area contributed by atoms with Crippen LogP contribution < -0.4 is 5.32 Å². The van der Waals surface area contributed by atoms with Gasteiger partial charge in [0.1, 0.15) is 0 Å². The predicted molar refractivity (Wildman–Crippen MR) is 74.6 cm³/mol. The Morgan fingerprint density at radius 3 is 2.50 bits per heavy atom. The Balaban J connectivity index is 1.57. The van der Waals surface area contributed by atoms with Crippen molar-refractivity contribution in [3.8, 4) is 0 Å². The smallest absolute Gasteiger partial charge is 0.0223 e. The molecule has 2 nitrogen and oxygen atoms in total. The molecule has 94 valence electrons. The molecule has 0 amide bonds. The molecular weight excluding hydrogens is 220 g/mol. The van der Waals surface area contributed by atoms with E-state index >= 15 is 0 Å². The monoisotopic (exact) mass is 240 g/mol. The SMILES string of the molecule is CCn1ccc(CNC2Cc3ccccc3C2)c1. The summed E-state index contributed by atoms with van der Waals surface area (Å²) >= 11 is 0. The molecule has 0 spiro atoms. The molecule has 3 rings (SSSR count). The molecule has 1 heterocycles. The van der Waals surface area contributed by atoms with Crippen LogP contribution in [0.5, 0.6) is 0 Å². The summed E-state index contributed by atoms with van der Waals surface area (Å²) in [5.41, 5.74) is 4.41. The fourth-order valence-corrected chi connectivity index (χ4v) is 2.76. The third-order valence-electron chi connectivity index (χ3n) is 3.82. The highest BCUT2D eigenvalue weighted by atomic mass is 14.9. The molecule has 0 radical (unpaired) electrons. The first kappa shape index (κ1) is 11.5. The minimum absolute atomic E-state index is 0.604. The van der Waals surface area contributed by atoms with Crippen LogP contribution in [0.15, 0.2) is 42.7 Å². The standard InChI is InChI=1S/C16H20N2/c1-2-18-8-7-13(12-18)11-17-16-9-14-5-3-4-6-15(14)10-16/h3-8,12,16-17H,2,9-11H2,1H3. The van der Waals surface area contributed by atoms with Crippen LogP contribution >= 0.6 is 0 Å². The summed E-state index contributed by atoms with van der Waals surface area (Å²) in [4.78, 5) is 0. The highest BCUT2D eigenvalue weighted by Crippen LogP contribution is 2.21. The average molecular weight is 240 g/mol. The van der Waals surface area contributed by atoms with Crippen LogP contribution in [0, 0.1) is 0 Å². The van der Waals surface area contributed by atoms with Crippen LogP contribution in [-0.2, 0) is 25.9 Å². The zero-order valence-electron chi connectivity index (χ0n) is 10.9. The van der Waals surface area contributed by atoms with Crippen molar-refractivity contribution in [2.45, 2.75) is 38.9 Å². The summed E-state index contributed by atoms with van der Waals surface area (Å²) < 4.78 is 2.22. The van der Waals surface area contributed by atoms with Gasteiger partial charge in [-0.25, -0.2) is 0 Å². The van der Waals surface area contributed by atoms with Crippen molar-refractivity contribution in [1.29, 1.82) is 0 Å². The van der Waals surface area contributed by atoms with Crippen molar-refractivity contribution in [3.05, 3.63) is 59.4 Å². The predicted octanol–water partition coefficient (Wildman–Crippen LogP) is 2.77. The maximum absolute atomic E-state index is 3.67.